The molecule has 0 N–H and O–H groups in total. The maximum atomic E-state index is 12.5. The van der Waals surface area contributed by atoms with Crippen LogP contribution in [-0.4, -0.2) is 16.9 Å². The minimum Gasteiger partial charge on any atom is -0.365 e. The van der Waals surface area contributed by atoms with E-state index in [0.29, 0.717) is 5.75 Å². The first kappa shape index (κ1) is 17.4. The van der Waals surface area contributed by atoms with Crippen molar-refractivity contribution in [2.75, 3.05) is 0 Å². The van der Waals surface area contributed by atoms with Crippen molar-refractivity contribution >= 4 is 18.0 Å². The molecular formula is C22H26NO2+. The number of hydrogen-bond donors (Lipinski definition) is 0. The van der Waals surface area contributed by atoms with E-state index < -0.39 is 0 Å². The van der Waals surface area contributed by atoms with Gasteiger partial charge >= 0.3 is 6.09 Å². The first-order chi connectivity index (χ1) is 11.6. The third kappa shape index (κ3) is 3.37. The summed E-state index contributed by atoms with van der Waals surface area (Å²) in [6, 6.07) is 14.1. The zero-order valence-corrected chi connectivity index (χ0v) is 15.9. The zero-order valence-electron chi connectivity index (χ0n) is 15.9. The topological polar surface area (TPSA) is 29.3 Å². The largest absolute Gasteiger partial charge is 0.608 e. The molecule has 25 heavy (non-hydrogen) atoms. The molecule has 3 nitrogen and oxygen atoms in total. The third-order valence-electron chi connectivity index (χ3n) is 4.47. The highest BCUT2D eigenvalue weighted by molar-refractivity contribution is 5.86. The molecule has 0 spiro atoms. The predicted octanol–water partition coefficient (Wildman–Crippen LogP) is 5.56. The van der Waals surface area contributed by atoms with Gasteiger partial charge in [0, 0.05) is 17.2 Å². The Labute approximate surface area is 150 Å². The van der Waals surface area contributed by atoms with Gasteiger partial charge in [-0.1, -0.05) is 70.4 Å². The second kappa shape index (κ2) is 5.83. The van der Waals surface area contributed by atoms with Crippen LogP contribution in [-0.2, 0) is 10.8 Å². The molecule has 0 saturated carbocycles. The van der Waals surface area contributed by atoms with Crippen molar-refractivity contribution in [1.82, 2.24) is 0 Å². The Balaban J connectivity index is 2.25. The molecule has 1 heterocycles. The number of carbonyl (C=O) groups excluding carboxylic acids is 1. The molecule has 0 fully saturated rings. The summed E-state index contributed by atoms with van der Waals surface area (Å²) in [4.78, 5) is 12.5. The molecule has 1 aliphatic heterocycles. The highest BCUT2D eigenvalue weighted by Gasteiger charge is 2.41. The second-order valence-electron chi connectivity index (χ2n) is 8.65. The van der Waals surface area contributed by atoms with Crippen molar-refractivity contribution in [2.45, 2.75) is 52.4 Å². The van der Waals surface area contributed by atoms with Gasteiger partial charge in [0.05, 0.1) is 0 Å². The van der Waals surface area contributed by atoms with Gasteiger partial charge in [-0.05, 0) is 28.5 Å². The van der Waals surface area contributed by atoms with Gasteiger partial charge in [-0.3, -0.25) is 0 Å². The summed E-state index contributed by atoms with van der Waals surface area (Å²) in [6.07, 6.45) is 1.49. The Bertz CT molecular complexity index is 850. The highest BCUT2D eigenvalue weighted by Crippen LogP contribution is 2.45. The average Bonchev–Trinajstić information content (AvgIpc) is 2.81. The molecule has 0 atom stereocenters. The minimum atomic E-state index is -0.351. The molecule has 0 saturated heterocycles. The van der Waals surface area contributed by atoms with Crippen LogP contribution in [0.5, 0.6) is 5.75 Å². The van der Waals surface area contributed by atoms with Crippen LogP contribution in [0.15, 0.2) is 42.5 Å². The van der Waals surface area contributed by atoms with E-state index in [-0.39, 0.29) is 16.9 Å². The average molecular weight is 336 g/mol. The fourth-order valence-electron chi connectivity index (χ4n) is 2.94. The van der Waals surface area contributed by atoms with Gasteiger partial charge in [-0.15, -0.1) is 0 Å². The van der Waals surface area contributed by atoms with Gasteiger partial charge in [-0.25, -0.2) is 0 Å². The lowest BCUT2D eigenvalue weighted by molar-refractivity contribution is -0.328. The summed E-state index contributed by atoms with van der Waals surface area (Å²) in [5.74, 6) is 0.678. The molecule has 2 aromatic rings. The first-order valence-corrected chi connectivity index (χ1v) is 8.67. The molecule has 1 amide bonds. The number of amides is 1. The number of carbonyl (C=O) groups is 1. The maximum Gasteiger partial charge on any atom is 0.608 e. The maximum absolute atomic E-state index is 12.5. The Morgan fingerprint density at radius 2 is 1.56 bits per heavy atom. The second-order valence-corrected chi connectivity index (χ2v) is 8.65. The van der Waals surface area contributed by atoms with Crippen LogP contribution in [0, 0.1) is 0 Å². The van der Waals surface area contributed by atoms with Crippen molar-refractivity contribution in [2.24, 2.45) is 0 Å². The Morgan fingerprint density at radius 1 is 0.920 bits per heavy atom. The summed E-state index contributed by atoms with van der Waals surface area (Å²) in [6.45, 7) is 13.0. The van der Waals surface area contributed by atoms with E-state index >= 15 is 0 Å². The molecule has 3 rings (SSSR count). The number of rotatable bonds is 1. The first-order valence-electron chi connectivity index (χ1n) is 8.67. The van der Waals surface area contributed by atoms with Crippen molar-refractivity contribution in [3.8, 4) is 5.75 Å². The van der Waals surface area contributed by atoms with Gasteiger partial charge in [0.1, 0.15) is 0 Å². The molecule has 0 aliphatic carbocycles. The van der Waals surface area contributed by atoms with Crippen LogP contribution >= 0.6 is 0 Å². The summed E-state index contributed by atoms with van der Waals surface area (Å²) in [7, 11) is 0. The molecular weight excluding hydrogens is 310 g/mol. The van der Waals surface area contributed by atoms with E-state index in [1.54, 1.807) is 4.58 Å². The zero-order chi connectivity index (χ0) is 18.4. The van der Waals surface area contributed by atoms with Gasteiger partial charge in [-0.2, -0.15) is 4.79 Å². The van der Waals surface area contributed by atoms with Crippen LogP contribution in [0.25, 0.3) is 0 Å². The molecule has 3 heteroatoms. The van der Waals surface area contributed by atoms with E-state index in [1.165, 1.54) is 5.56 Å². The van der Waals surface area contributed by atoms with E-state index in [9.17, 15) is 4.79 Å². The van der Waals surface area contributed by atoms with Crippen molar-refractivity contribution in [3.05, 3.63) is 59.2 Å². The van der Waals surface area contributed by atoms with Gasteiger partial charge in [0.2, 0.25) is 5.75 Å². The smallest absolute Gasteiger partial charge is 0.365 e. The lowest BCUT2D eigenvalue weighted by Gasteiger charge is -2.25. The van der Waals surface area contributed by atoms with E-state index in [2.05, 4.69) is 53.7 Å². The molecule has 0 unspecified atom stereocenters. The van der Waals surface area contributed by atoms with E-state index in [0.717, 1.165) is 16.8 Å². The van der Waals surface area contributed by atoms with Gasteiger partial charge in [0.25, 0.3) is 5.69 Å². The third-order valence-corrected chi connectivity index (χ3v) is 4.47. The summed E-state index contributed by atoms with van der Waals surface area (Å²) < 4.78 is 7.29. The fourth-order valence-corrected chi connectivity index (χ4v) is 2.94. The summed E-state index contributed by atoms with van der Waals surface area (Å²) in [5, 5.41) is 0. The van der Waals surface area contributed by atoms with Crippen LogP contribution in [0.2, 0.25) is 0 Å². The summed E-state index contributed by atoms with van der Waals surface area (Å²) >= 11 is 0. The van der Waals surface area contributed by atoms with Crippen LogP contribution in [0.3, 0.4) is 0 Å². The normalized spacial score (nSPS) is 16.1. The quantitative estimate of drug-likeness (QED) is 0.638. The van der Waals surface area contributed by atoms with Crippen LogP contribution in [0.1, 0.15) is 58.2 Å². The fraction of sp³-hybridized carbons (Fsp3) is 0.364. The Morgan fingerprint density at radius 3 is 2.12 bits per heavy atom. The van der Waals surface area contributed by atoms with Crippen LogP contribution in [0.4, 0.5) is 10.5 Å². The van der Waals surface area contributed by atoms with Crippen molar-refractivity contribution < 1.29 is 14.1 Å². The Kier molecular flexibility index (Phi) is 4.06. The van der Waals surface area contributed by atoms with Crippen LogP contribution < -0.4 is 4.74 Å². The predicted molar refractivity (Wildman–Crippen MR) is 101 cm³/mol. The summed E-state index contributed by atoms with van der Waals surface area (Å²) in [5.41, 5.74) is 3.91. The molecule has 0 aromatic heterocycles. The number of benzene rings is 2. The highest BCUT2D eigenvalue weighted by atomic mass is 16.6. The number of hydrogen-bond acceptors (Lipinski definition) is 2. The van der Waals surface area contributed by atoms with E-state index in [4.69, 9.17) is 4.74 Å². The lowest BCUT2D eigenvalue weighted by Crippen LogP contribution is -2.17. The number of fused-ring (bicyclic) bond motifs is 1. The number of nitrogens with zero attached hydrogens (tertiary/aromatic N) is 1. The van der Waals surface area contributed by atoms with Crippen molar-refractivity contribution in [1.29, 1.82) is 0 Å². The lowest BCUT2D eigenvalue weighted by atomic mass is 9.80. The molecule has 0 radical (unpaired) electrons. The molecule has 2 aromatic carbocycles. The monoisotopic (exact) mass is 336 g/mol. The molecule has 0 bridgehead atoms. The SMILES string of the molecule is CC(C)(C)c1cc2c(c(C(C)(C)C)c1)OC(=O)/[N+]2=C/c1ccccc1. The van der Waals surface area contributed by atoms with E-state index in [1.807, 2.05) is 36.5 Å². The molecule has 1 aliphatic rings. The van der Waals surface area contributed by atoms with Gasteiger partial charge < -0.3 is 4.74 Å². The number of ether oxygens (including phenoxy) is 1. The molecule has 130 valence electrons. The van der Waals surface area contributed by atoms with Gasteiger partial charge in [0.15, 0.2) is 6.21 Å². The minimum absolute atomic E-state index is 0.0148. The Hall–Kier alpha value is -2.42. The van der Waals surface area contributed by atoms with Crippen molar-refractivity contribution in [3.63, 3.8) is 0 Å². The standard InChI is InChI=1S/C22H26NO2/c1-21(2,3)16-12-17(22(4,5)6)19-18(13-16)23(20(24)25-19)14-15-10-8-7-9-11-15/h7-14H,1-6H3/q+1/b23-14+.